The van der Waals surface area contributed by atoms with Gasteiger partial charge in [0, 0.05) is 44.0 Å². The van der Waals surface area contributed by atoms with Crippen molar-refractivity contribution in [1.29, 1.82) is 0 Å². The number of carbonyl (C=O) groups is 1. The van der Waals surface area contributed by atoms with Crippen LogP contribution >= 0.6 is 0 Å². The van der Waals surface area contributed by atoms with Crippen LogP contribution in [-0.4, -0.2) is 67.2 Å². The minimum absolute atomic E-state index is 0.105. The summed E-state index contributed by atoms with van der Waals surface area (Å²) >= 11 is 0. The fourth-order valence-corrected chi connectivity index (χ4v) is 4.03. The molecule has 1 saturated heterocycles. The summed E-state index contributed by atoms with van der Waals surface area (Å²) in [6.07, 6.45) is 0. The molecule has 162 valence electrons. The molecule has 0 N–H and O–H groups in total. The molecule has 0 saturated carbocycles. The molecule has 1 amide bonds. The molecule has 1 aliphatic heterocycles. The van der Waals surface area contributed by atoms with Crippen LogP contribution in [0.1, 0.15) is 26.3 Å². The van der Waals surface area contributed by atoms with Crippen LogP contribution in [0.4, 0.5) is 5.69 Å². The van der Waals surface area contributed by atoms with Gasteiger partial charge in [0.05, 0.1) is 19.8 Å². The van der Waals surface area contributed by atoms with Crippen LogP contribution in [0.5, 0.6) is 0 Å². The zero-order chi connectivity index (χ0) is 21.3. The van der Waals surface area contributed by atoms with E-state index in [1.165, 1.54) is 5.56 Å². The molecule has 1 heterocycles. The van der Waals surface area contributed by atoms with E-state index in [1.54, 1.807) is 0 Å². The van der Waals surface area contributed by atoms with Crippen LogP contribution in [0.15, 0.2) is 60.7 Å². The molecule has 1 unspecified atom stereocenters. The van der Waals surface area contributed by atoms with Crippen molar-refractivity contribution in [2.75, 3.05) is 44.3 Å². The molecular formula is C25H35N3O2. The van der Waals surface area contributed by atoms with Gasteiger partial charge in [-0.15, -0.1) is 0 Å². The van der Waals surface area contributed by atoms with Crippen molar-refractivity contribution in [1.82, 2.24) is 9.80 Å². The Morgan fingerprint density at radius 1 is 0.967 bits per heavy atom. The predicted octanol–water partition coefficient (Wildman–Crippen LogP) is 3.65. The largest absolute Gasteiger partial charge is 0.379 e. The number of benzene rings is 2. The average Bonchev–Trinajstić information content (AvgIpc) is 2.75. The van der Waals surface area contributed by atoms with Crippen molar-refractivity contribution in [3.63, 3.8) is 0 Å². The summed E-state index contributed by atoms with van der Waals surface area (Å²) in [5.41, 5.74) is 2.19. The van der Waals surface area contributed by atoms with Gasteiger partial charge in [-0.3, -0.25) is 14.6 Å². The lowest BCUT2D eigenvalue weighted by Crippen LogP contribution is -2.50. The van der Waals surface area contributed by atoms with E-state index in [1.807, 2.05) is 41.3 Å². The SMILES string of the molecule is CC(CN1CCOCC1)N(CC(=O)N(c1ccccc1)C(C)C)Cc1ccccc1. The Bertz CT molecular complexity index is 760. The summed E-state index contributed by atoms with van der Waals surface area (Å²) in [6, 6.07) is 20.8. The molecule has 5 nitrogen and oxygen atoms in total. The van der Waals surface area contributed by atoms with E-state index < -0.39 is 0 Å². The zero-order valence-corrected chi connectivity index (χ0v) is 18.5. The van der Waals surface area contributed by atoms with Gasteiger partial charge in [0.2, 0.25) is 5.91 Å². The number of amides is 1. The molecule has 30 heavy (non-hydrogen) atoms. The van der Waals surface area contributed by atoms with E-state index in [2.05, 4.69) is 54.8 Å². The second-order valence-electron chi connectivity index (χ2n) is 8.35. The number of rotatable bonds is 9. The van der Waals surface area contributed by atoms with E-state index in [0.717, 1.165) is 45.1 Å². The van der Waals surface area contributed by atoms with Gasteiger partial charge in [-0.2, -0.15) is 0 Å². The van der Waals surface area contributed by atoms with Crippen molar-refractivity contribution in [2.45, 2.75) is 39.4 Å². The van der Waals surface area contributed by atoms with Crippen LogP contribution in [-0.2, 0) is 16.1 Å². The van der Waals surface area contributed by atoms with E-state index in [4.69, 9.17) is 4.74 Å². The van der Waals surface area contributed by atoms with E-state index in [0.29, 0.717) is 6.54 Å². The predicted molar refractivity (Wildman–Crippen MR) is 123 cm³/mol. The van der Waals surface area contributed by atoms with E-state index in [9.17, 15) is 4.79 Å². The fourth-order valence-electron chi connectivity index (χ4n) is 4.03. The molecule has 5 heteroatoms. The molecule has 1 aliphatic rings. The van der Waals surface area contributed by atoms with Crippen molar-refractivity contribution < 1.29 is 9.53 Å². The molecule has 0 spiro atoms. The van der Waals surface area contributed by atoms with Gasteiger partial charge < -0.3 is 9.64 Å². The maximum atomic E-state index is 13.4. The maximum absolute atomic E-state index is 13.4. The Balaban J connectivity index is 1.75. The first-order valence-electron chi connectivity index (χ1n) is 11.0. The van der Waals surface area contributed by atoms with Crippen LogP contribution in [0.2, 0.25) is 0 Å². The fraction of sp³-hybridized carbons (Fsp3) is 0.480. The maximum Gasteiger partial charge on any atom is 0.241 e. The number of hydrogen-bond acceptors (Lipinski definition) is 4. The third-order valence-electron chi connectivity index (χ3n) is 5.64. The summed E-state index contributed by atoms with van der Waals surface area (Å²) in [5, 5.41) is 0. The van der Waals surface area contributed by atoms with E-state index in [-0.39, 0.29) is 18.0 Å². The summed E-state index contributed by atoms with van der Waals surface area (Å²) in [7, 11) is 0. The Morgan fingerprint density at radius 3 is 2.17 bits per heavy atom. The standard InChI is InChI=1S/C25H35N3O2/c1-21(2)28(24-12-8-5-9-13-24)25(29)20-27(19-23-10-6-4-7-11-23)22(3)18-26-14-16-30-17-15-26/h4-13,21-22H,14-20H2,1-3H3. The molecule has 0 bridgehead atoms. The molecule has 1 fully saturated rings. The normalized spacial score (nSPS) is 16.0. The number of anilines is 1. The van der Waals surface area contributed by atoms with Crippen LogP contribution in [0, 0.1) is 0 Å². The van der Waals surface area contributed by atoms with Gasteiger partial charge in [0.25, 0.3) is 0 Å². The second kappa shape index (κ2) is 11.3. The van der Waals surface area contributed by atoms with Crippen LogP contribution in [0.3, 0.4) is 0 Å². The number of ether oxygens (including phenoxy) is 1. The highest BCUT2D eigenvalue weighted by Gasteiger charge is 2.25. The van der Waals surface area contributed by atoms with Gasteiger partial charge in [0.15, 0.2) is 0 Å². The van der Waals surface area contributed by atoms with Crippen molar-refractivity contribution >= 4 is 11.6 Å². The average molecular weight is 410 g/mol. The Hall–Kier alpha value is -2.21. The lowest BCUT2D eigenvalue weighted by atomic mass is 10.1. The first-order valence-corrected chi connectivity index (χ1v) is 11.0. The molecular weight excluding hydrogens is 374 g/mol. The molecule has 0 aliphatic carbocycles. The quantitative estimate of drug-likeness (QED) is 0.633. The number of nitrogens with zero attached hydrogens (tertiary/aromatic N) is 3. The van der Waals surface area contributed by atoms with Gasteiger partial charge in [-0.1, -0.05) is 48.5 Å². The van der Waals surface area contributed by atoms with Crippen molar-refractivity contribution in [3.8, 4) is 0 Å². The summed E-state index contributed by atoms with van der Waals surface area (Å²) < 4.78 is 5.49. The third kappa shape index (κ3) is 6.39. The van der Waals surface area contributed by atoms with Crippen LogP contribution < -0.4 is 4.90 Å². The summed E-state index contributed by atoms with van der Waals surface area (Å²) in [5.74, 6) is 0.140. The lowest BCUT2D eigenvalue weighted by molar-refractivity contribution is -0.121. The number of para-hydroxylation sites is 1. The first kappa shape index (κ1) is 22.5. The van der Waals surface area contributed by atoms with Crippen LogP contribution in [0.25, 0.3) is 0 Å². The highest BCUT2D eigenvalue weighted by atomic mass is 16.5. The monoisotopic (exact) mass is 409 g/mol. The molecule has 2 aromatic carbocycles. The lowest BCUT2D eigenvalue weighted by Gasteiger charge is -2.36. The topological polar surface area (TPSA) is 36.0 Å². The molecule has 1 atom stereocenters. The van der Waals surface area contributed by atoms with Gasteiger partial charge in [-0.25, -0.2) is 0 Å². The Labute approximate surface area is 181 Å². The number of morpholine rings is 1. The molecule has 2 aromatic rings. The van der Waals surface area contributed by atoms with E-state index >= 15 is 0 Å². The first-order chi connectivity index (χ1) is 14.5. The molecule has 0 aromatic heterocycles. The Kier molecular flexibility index (Phi) is 8.43. The minimum atomic E-state index is 0.105. The van der Waals surface area contributed by atoms with Gasteiger partial charge in [-0.05, 0) is 38.5 Å². The highest BCUT2D eigenvalue weighted by molar-refractivity contribution is 5.95. The van der Waals surface area contributed by atoms with Gasteiger partial charge in [0.1, 0.15) is 0 Å². The van der Waals surface area contributed by atoms with Crippen molar-refractivity contribution in [2.24, 2.45) is 0 Å². The molecule has 3 rings (SSSR count). The van der Waals surface area contributed by atoms with Crippen molar-refractivity contribution in [3.05, 3.63) is 66.2 Å². The Morgan fingerprint density at radius 2 is 1.57 bits per heavy atom. The minimum Gasteiger partial charge on any atom is -0.379 e. The van der Waals surface area contributed by atoms with Gasteiger partial charge >= 0.3 is 0 Å². The summed E-state index contributed by atoms with van der Waals surface area (Å²) in [6.45, 7) is 12.0. The second-order valence-corrected chi connectivity index (χ2v) is 8.35. The highest BCUT2D eigenvalue weighted by Crippen LogP contribution is 2.18. The summed E-state index contributed by atoms with van der Waals surface area (Å²) in [4.78, 5) is 20.1. The molecule has 0 radical (unpaired) electrons. The zero-order valence-electron chi connectivity index (χ0n) is 18.5. The smallest absolute Gasteiger partial charge is 0.241 e. The third-order valence-corrected chi connectivity index (χ3v) is 5.64. The number of carbonyl (C=O) groups excluding carboxylic acids is 1. The number of hydrogen-bond donors (Lipinski definition) is 0.